The molecule has 3 unspecified atom stereocenters. The Balaban J connectivity index is 4.22. The van der Waals surface area contributed by atoms with Gasteiger partial charge in [-0.15, -0.1) is 0 Å². The van der Waals surface area contributed by atoms with Crippen molar-refractivity contribution in [3.05, 3.63) is 85.1 Å². The first-order chi connectivity index (χ1) is 36.5. The monoisotopic (exact) mass is 1070 g/mol. The number of carbonyl (C=O) groups is 1. The molecule has 0 saturated heterocycles. The molecular formula is C66H121N2O6P. The van der Waals surface area contributed by atoms with E-state index in [2.05, 4.69) is 92.1 Å². The van der Waals surface area contributed by atoms with Crippen LogP contribution in [0.3, 0.4) is 0 Å². The number of nitrogens with one attached hydrogen (secondary N) is 1. The molecule has 0 radical (unpaired) electrons. The van der Waals surface area contributed by atoms with Crippen LogP contribution in [0.5, 0.6) is 0 Å². The Bertz CT molecular complexity index is 1500. The first kappa shape index (κ1) is 72.7. The van der Waals surface area contributed by atoms with Crippen LogP contribution in [0.2, 0.25) is 0 Å². The van der Waals surface area contributed by atoms with E-state index in [4.69, 9.17) is 9.05 Å². The normalized spacial score (nSPS) is 14.4. The minimum Gasteiger partial charge on any atom is -0.756 e. The lowest BCUT2D eigenvalue weighted by Gasteiger charge is -2.29. The zero-order valence-electron chi connectivity index (χ0n) is 49.7. The number of likely N-dealkylation sites (N-methyl/N-ethyl adjacent to an activating group) is 1. The number of quaternary nitrogens is 1. The summed E-state index contributed by atoms with van der Waals surface area (Å²) in [7, 11) is 1.23. The van der Waals surface area contributed by atoms with Gasteiger partial charge in [0.05, 0.1) is 39.9 Å². The maximum atomic E-state index is 13.0. The number of carbonyl (C=O) groups excluding carboxylic acids is 1. The number of nitrogens with zero attached hydrogens (tertiary/aromatic N) is 1. The fourth-order valence-corrected chi connectivity index (χ4v) is 9.69. The Kier molecular flexibility index (Phi) is 54.7. The summed E-state index contributed by atoms with van der Waals surface area (Å²) in [6.45, 7) is 4.53. The fraction of sp³-hybridized carbons (Fsp3) is 0.773. The van der Waals surface area contributed by atoms with Gasteiger partial charge in [-0.3, -0.25) is 9.36 Å². The van der Waals surface area contributed by atoms with E-state index >= 15 is 0 Å². The molecule has 3 atom stereocenters. The van der Waals surface area contributed by atoms with Crippen molar-refractivity contribution >= 4 is 13.7 Å². The zero-order chi connectivity index (χ0) is 54.9. The Labute approximate surface area is 465 Å². The van der Waals surface area contributed by atoms with Gasteiger partial charge in [-0.1, -0.05) is 279 Å². The summed E-state index contributed by atoms with van der Waals surface area (Å²) in [6, 6.07) is -0.913. The molecule has 0 rings (SSSR count). The molecule has 0 aliphatic heterocycles. The zero-order valence-corrected chi connectivity index (χ0v) is 50.6. The van der Waals surface area contributed by atoms with Crippen molar-refractivity contribution in [1.29, 1.82) is 0 Å². The van der Waals surface area contributed by atoms with Gasteiger partial charge in [0, 0.05) is 6.42 Å². The van der Waals surface area contributed by atoms with Crippen LogP contribution in [-0.4, -0.2) is 68.5 Å². The second kappa shape index (κ2) is 56.4. The standard InChI is InChI=1S/C66H121N2O6P/c1-6-8-10-12-14-16-18-20-22-24-26-28-30-32-33-34-36-37-39-41-43-45-47-49-51-53-55-57-59-65(69)64(63-74-75(71,72)73-62-61-68(3,4)5)67-66(70)60-58-56-54-52-50-48-46-44-42-40-38-35-31-29-27-25-23-21-19-17-15-13-11-9-7-2/h9,11,15,17,21,23,27,29,35,38,49,51,57,59,64-65,69H,6-8,10,12-14,16,18-20,22,24-26,28,30-34,36-37,39-48,50,52-56,58,60-63H2,1-5H3,(H-,67,70,71,72)/b11-9-,17-15-,23-21-,29-27-,38-35-,51-49+,59-57+. The van der Waals surface area contributed by atoms with Crippen LogP contribution in [0, 0.1) is 0 Å². The van der Waals surface area contributed by atoms with Crippen LogP contribution in [0.4, 0.5) is 0 Å². The van der Waals surface area contributed by atoms with Gasteiger partial charge in [-0.2, -0.15) is 0 Å². The number of aliphatic hydroxyl groups excluding tert-OH is 1. The number of unbranched alkanes of at least 4 members (excludes halogenated alkanes) is 32. The van der Waals surface area contributed by atoms with Crippen molar-refractivity contribution in [2.75, 3.05) is 40.9 Å². The summed E-state index contributed by atoms with van der Waals surface area (Å²) in [4.78, 5) is 25.6. The van der Waals surface area contributed by atoms with Crippen molar-refractivity contribution in [2.45, 2.75) is 289 Å². The van der Waals surface area contributed by atoms with Gasteiger partial charge >= 0.3 is 0 Å². The topological polar surface area (TPSA) is 108 Å². The molecule has 0 aliphatic carbocycles. The summed E-state index contributed by atoms with van der Waals surface area (Å²) in [5.74, 6) is -0.214. The molecule has 0 saturated carbocycles. The molecule has 0 aromatic rings. The van der Waals surface area contributed by atoms with E-state index in [9.17, 15) is 19.4 Å². The molecule has 0 heterocycles. The SMILES string of the molecule is CC/C=C\C/C=C\C/C=C\C/C=C\C/C=C\CCCCCCCCCCCC(=O)NC(COP(=O)([O-])OCC[N+](C)(C)C)C(O)/C=C/CC/C=C/CCCCCCCCCCCCCCCCCCCCCCCC. The third-order valence-electron chi connectivity index (χ3n) is 13.8. The molecule has 2 N–H and O–H groups in total. The number of rotatable bonds is 57. The Hall–Kier alpha value is -2.32. The molecule has 0 spiro atoms. The fourth-order valence-electron chi connectivity index (χ4n) is 8.96. The van der Waals surface area contributed by atoms with Crippen molar-refractivity contribution in [1.82, 2.24) is 5.32 Å². The number of phosphoric ester groups is 1. The highest BCUT2D eigenvalue weighted by atomic mass is 31.2. The van der Waals surface area contributed by atoms with E-state index < -0.39 is 26.6 Å². The highest BCUT2D eigenvalue weighted by molar-refractivity contribution is 7.45. The Morgan fingerprint density at radius 3 is 1.24 bits per heavy atom. The van der Waals surface area contributed by atoms with Gasteiger partial charge in [0.25, 0.3) is 7.82 Å². The first-order valence-electron chi connectivity index (χ1n) is 31.4. The first-order valence-corrected chi connectivity index (χ1v) is 32.9. The summed E-state index contributed by atoms with van der Waals surface area (Å²) in [6.07, 6.45) is 79.7. The van der Waals surface area contributed by atoms with Gasteiger partial charge in [-0.05, 0) is 77.0 Å². The smallest absolute Gasteiger partial charge is 0.268 e. The molecule has 436 valence electrons. The van der Waals surface area contributed by atoms with Crippen LogP contribution < -0.4 is 10.2 Å². The molecule has 75 heavy (non-hydrogen) atoms. The van der Waals surface area contributed by atoms with Crippen LogP contribution in [0.25, 0.3) is 0 Å². The summed E-state index contributed by atoms with van der Waals surface area (Å²) < 4.78 is 23.4. The van der Waals surface area contributed by atoms with E-state index in [1.807, 2.05) is 27.2 Å². The number of amides is 1. The van der Waals surface area contributed by atoms with Gasteiger partial charge in [0.15, 0.2) is 0 Å². The largest absolute Gasteiger partial charge is 0.756 e. The molecule has 0 aromatic carbocycles. The van der Waals surface area contributed by atoms with Gasteiger partial charge < -0.3 is 28.8 Å². The Morgan fingerprint density at radius 1 is 0.480 bits per heavy atom. The van der Waals surface area contributed by atoms with Crippen molar-refractivity contribution in [3.8, 4) is 0 Å². The van der Waals surface area contributed by atoms with Crippen molar-refractivity contribution in [2.24, 2.45) is 0 Å². The quantitative estimate of drug-likeness (QED) is 0.0272. The molecular weight excluding hydrogens is 948 g/mol. The number of allylic oxidation sites excluding steroid dienone is 13. The van der Waals surface area contributed by atoms with E-state index in [-0.39, 0.29) is 12.5 Å². The highest BCUT2D eigenvalue weighted by Crippen LogP contribution is 2.38. The predicted octanol–water partition coefficient (Wildman–Crippen LogP) is 19.0. The number of hydrogen-bond donors (Lipinski definition) is 2. The molecule has 0 aliphatic rings. The van der Waals surface area contributed by atoms with E-state index in [1.54, 1.807) is 6.08 Å². The average molecular weight is 1070 g/mol. The average Bonchev–Trinajstić information content (AvgIpc) is 3.37. The predicted molar refractivity (Wildman–Crippen MR) is 325 cm³/mol. The number of hydrogen-bond acceptors (Lipinski definition) is 6. The minimum atomic E-state index is -4.62. The van der Waals surface area contributed by atoms with Gasteiger partial charge in [0.2, 0.25) is 5.91 Å². The van der Waals surface area contributed by atoms with Crippen LogP contribution in [0.1, 0.15) is 277 Å². The van der Waals surface area contributed by atoms with Crippen LogP contribution in [0.15, 0.2) is 85.1 Å². The lowest BCUT2D eigenvalue weighted by atomic mass is 10.0. The second-order valence-corrected chi connectivity index (χ2v) is 23.8. The van der Waals surface area contributed by atoms with Crippen molar-refractivity contribution in [3.63, 3.8) is 0 Å². The number of aliphatic hydroxyl groups is 1. The second-order valence-electron chi connectivity index (χ2n) is 22.4. The summed E-state index contributed by atoms with van der Waals surface area (Å²) in [5, 5.41) is 13.9. The molecule has 0 fully saturated rings. The lowest BCUT2D eigenvalue weighted by molar-refractivity contribution is -0.870. The summed E-state index contributed by atoms with van der Waals surface area (Å²) >= 11 is 0. The third-order valence-corrected chi connectivity index (χ3v) is 14.8. The van der Waals surface area contributed by atoms with E-state index in [0.29, 0.717) is 17.4 Å². The van der Waals surface area contributed by atoms with Gasteiger partial charge in [0.1, 0.15) is 13.2 Å². The maximum absolute atomic E-state index is 13.0. The van der Waals surface area contributed by atoms with Crippen LogP contribution >= 0.6 is 7.82 Å². The highest BCUT2D eigenvalue weighted by Gasteiger charge is 2.23. The van der Waals surface area contributed by atoms with Crippen LogP contribution in [-0.2, 0) is 18.4 Å². The Morgan fingerprint density at radius 2 is 0.827 bits per heavy atom. The van der Waals surface area contributed by atoms with Gasteiger partial charge in [-0.25, -0.2) is 0 Å². The molecule has 0 aromatic heterocycles. The molecule has 9 heteroatoms. The van der Waals surface area contributed by atoms with Crippen molar-refractivity contribution < 1.29 is 32.9 Å². The molecule has 1 amide bonds. The number of phosphoric acid groups is 1. The minimum absolute atomic E-state index is 0.0112. The molecule has 8 nitrogen and oxygen atoms in total. The van der Waals surface area contributed by atoms with E-state index in [1.165, 1.54) is 173 Å². The maximum Gasteiger partial charge on any atom is 0.268 e. The molecule has 0 bridgehead atoms. The summed E-state index contributed by atoms with van der Waals surface area (Å²) in [5.41, 5.74) is 0. The van der Waals surface area contributed by atoms with E-state index in [0.717, 1.165) is 83.5 Å². The lowest BCUT2D eigenvalue weighted by Crippen LogP contribution is -2.45. The third kappa shape index (κ3) is 59.2.